The Kier molecular flexibility index (Phi) is 8.06. The van der Waals surface area contributed by atoms with Gasteiger partial charge in [0.25, 0.3) is 5.91 Å². The van der Waals surface area contributed by atoms with Crippen LogP contribution in [0.4, 0.5) is 0 Å². The first-order valence-electron chi connectivity index (χ1n) is 9.97. The molecular formula is C23H24BrNO6. The summed E-state index contributed by atoms with van der Waals surface area (Å²) >= 11 is 3.47. The molecule has 0 aliphatic carbocycles. The maximum atomic E-state index is 12.6. The van der Waals surface area contributed by atoms with Crippen molar-refractivity contribution >= 4 is 33.8 Å². The van der Waals surface area contributed by atoms with E-state index in [-0.39, 0.29) is 36.6 Å². The molecule has 1 saturated heterocycles. The number of piperidine rings is 1. The number of likely N-dealkylation sites (tertiary alicyclic amines) is 1. The summed E-state index contributed by atoms with van der Waals surface area (Å²) in [6.07, 6.45) is 1.08. The minimum absolute atomic E-state index is 0.190. The molecule has 1 heterocycles. The Labute approximate surface area is 189 Å². The Morgan fingerprint density at radius 1 is 1.03 bits per heavy atom. The van der Waals surface area contributed by atoms with Crippen LogP contribution in [0, 0.1) is 5.92 Å². The van der Waals surface area contributed by atoms with E-state index in [9.17, 15) is 14.4 Å². The van der Waals surface area contributed by atoms with E-state index in [1.54, 1.807) is 29.2 Å². The Morgan fingerprint density at radius 2 is 1.71 bits per heavy atom. The molecule has 0 N–H and O–H groups in total. The Morgan fingerprint density at radius 3 is 2.42 bits per heavy atom. The summed E-state index contributed by atoms with van der Waals surface area (Å²) in [7, 11) is 1.36. The van der Waals surface area contributed by atoms with E-state index in [0.29, 0.717) is 31.7 Å². The maximum Gasteiger partial charge on any atom is 0.342 e. The van der Waals surface area contributed by atoms with E-state index in [1.807, 2.05) is 24.3 Å². The molecule has 1 aliphatic heterocycles. The second-order valence-corrected chi connectivity index (χ2v) is 7.98. The lowest BCUT2D eigenvalue weighted by Gasteiger charge is -2.30. The van der Waals surface area contributed by atoms with E-state index in [0.717, 1.165) is 10.0 Å². The van der Waals surface area contributed by atoms with Crippen LogP contribution < -0.4 is 4.74 Å². The third-order valence-corrected chi connectivity index (χ3v) is 5.93. The Hall–Kier alpha value is -2.87. The summed E-state index contributed by atoms with van der Waals surface area (Å²) in [5.41, 5.74) is 1.20. The fourth-order valence-corrected chi connectivity index (χ4v) is 3.76. The highest BCUT2D eigenvalue weighted by atomic mass is 79.9. The van der Waals surface area contributed by atoms with Crippen LogP contribution in [0.15, 0.2) is 53.0 Å². The number of benzene rings is 2. The van der Waals surface area contributed by atoms with Gasteiger partial charge in [0.1, 0.15) is 17.9 Å². The smallest absolute Gasteiger partial charge is 0.342 e. The maximum absolute atomic E-state index is 12.6. The van der Waals surface area contributed by atoms with E-state index in [1.165, 1.54) is 7.11 Å². The molecule has 1 aliphatic rings. The highest BCUT2D eigenvalue weighted by molar-refractivity contribution is 9.10. The van der Waals surface area contributed by atoms with Crippen molar-refractivity contribution < 1.29 is 28.6 Å². The molecule has 2 aromatic rings. The molecule has 0 spiro atoms. The van der Waals surface area contributed by atoms with Crippen molar-refractivity contribution in [2.24, 2.45) is 5.92 Å². The second-order valence-electron chi connectivity index (χ2n) is 7.13. The van der Waals surface area contributed by atoms with Crippen molar-refractivity contribution in [1.29, 1.82) is 0 Å². The molecule has 8 heteroatoms. The van der Waals surface area contributed by atoms with Crippen LogP contribution in [0.5, 0.6) is 5.75 Å². The molecule has 7 nitrogen and oxygen atoms in total. The average molecular weight is 490 g/mol. The van der Waals surface area contributed by atoms with E-state index in [2.05, 4.69) is 15.9 Å². The van der Waals surface area contributed by atoms with Gasteiger partial charge in [0.15, 0.2) is 6.61 Å². The minimum Gasteiger partial charge on any atom is -0.488 e. The van der Waals surface area contributed by atoms with Crippen molar-refractivity contribution in [3.63, 3.8) is 0 Å². The van der Waals surface area contributed by atoms with Gasteiger partial charge in [0.2, 0.25) is 0 Å². The molecule has 0 atom stereocenters. The topological polar surface area (TPSA) is 82.1 Å². The average Bonchev–Trinajstić information content (AvgIpc) is 2.81. The van der Waals surface area contributed by atoms with Gasteiger partial charge in [-0.05, 0) is 31.0 Å². The van der Waals surface area contributed by atoms with Crippen LogP contribution in [0.1, 0.15) is 28.8 Å². The van der Waals surface area contributed by atoms with Gasteiger partial charge in [-0.3, -0.25) is 9.59 Å². The number of methoxy groups -OCH3 is 1. The van der Waals surface area contributed by atoms with Gasteiger partial charge < -0.3 is 19.1 Å². The number of ether oxygens (including phenoxy) is 3. The molecule has 3 rings (SSSR count). The van der Waals surface area contributed by atoms with Crippen LogP contribution >= 0.6 is 15.9 Å². The molecule has 164 valence electrons. The fourth-order valence-electron chi connectivity index (χ4n) is 3.36. The number of hydrogen-bond donors (Lipinski definition) is 0. The number of nitrogens with zero attached hydrogens (tertiary/aromatic N) is 1. The van der Waals surface area contributed by atoms with Crippen molar-refractivity contribution in [3.05, 3.63) is 64.1 Å². The van der Waals surface area contributed by atoms with Gasteiger partial charge in [0, 0.05) is 23.1 Å². The molecule has 1 amide bonds. The van der Waals surface area contributed by atoms with Crippen molar-refractivity contribution in [2.45, 2.75) is 19.4 Å². The monoisotopic (exact) mass is 489 g/mol. The largest absolute Gasteiger partial charge is 0.488 e. The lowest BCUT2D eigenvalue weighted by Crippen LogP contribution is -2.42. The normalized spacial score (nSPS) is 14.1. The predicted octanol–water partition coefficient (Wildman–Crippen LogP) is 3.60. The van der Waals surface area contributed by atoms with Crippen molar-refractivity contribution in [2.75, 3.05) is 26.8 Å². The SMILES string of the molecule is COC(=O)C1CCN(C(=O)COC(=O)c2ccccc2OCc2ccccc2Br)CC1. The fraction of sp³-hybridized carbons (Fsp3) is 0.348. The molecule has 0 aromatic heterocycles. The molecule has 31 heavy (non-hydrogen) atoms. The molecule has 0 saturated carbocycles. The summed E-state index contributed by atoms with van der Waals surface area (Å²) in [6.45, 7) is 0.781. The number of esters is 2. The molecule has 0 bridgehead atoms. The second kappa shape index (κ2) is 10.9. The molecular weight excluding hydrogens is 466 g/mol. The lowest BCUT2D eigenvalue weighted by atomic mass is 9.97. The minimum atomic E-state index is -0.625. The van der Waals surface area contributed by atoms with Crippen LogP contribution in [0.2, 0.25) is 0 Å². The predicted molar refractivity (Wildman–Crippen MR) is 117 cm³/mol. The summed E-state index contributed by atoms with van der Waals surface area (Å²) in [6, 6.07) is 14.4. The van der Waals surface area contributed by atoms with Gasteiger partial charge in [-0.1, -0.05) is 46.3 Å². The van der Waals surface area contributed by atoms with Gasteiger partial charge in [-0.15, -0.1) is 0 Å². The van der Waals surface area contributed by atoms with Gasteiger partial charge >= 0.3 is 11.9 Å². The van der Waals surface area contributed by atoms with Gasteiger partial charge in [-0.2, -0.15) is 0 Å². The summed E-state index contributed by atoms with van der Waals surface area (Å²) in [5.74, 6) is -0.971. The zero-order chi connectivity index (χ0) is 22.2. The van der Waals surface area contributed by atoms with Crippen LogP contribution in [0.3, 0.4) is 0 Å². The lowest BCUT2D eigenvalue weighted by molar-refractivity contribution is -0.149. The summed E-state index contributed by atoms with van der Waals surface area (Å²) < 4.78 is 16.7. The number of carbonyl (C=O) groups is 3. The Bertz CT molecular complexity index is 939. The highest BCUT2D eigenvalue weighted by Crippen LogP contribution is 2.23. The van der Waals surface area contributed by atoms with E-state index < -0.39 is 5.97 Å². The first-order valence-corrected chi connectivity index (χ1v) is 10.8. The number of amides is 1. The van der Waals surface area contributed by atoms with E-state index >= 15 is 0 Å². The van der Waals surface area contributed by atoms with Crippen molar-refractivity contribution in [3.8, 4) is 5.75 Å². The quantitative estimate of drug-likeness (QED) is 0.552. The van der Waals surface area contributed by atoms with Crippen LogP contribution in [-0.2, 0) is 25.7 Å². The third-order valence-electron chi connectivity index (χ3n) is 5.16. The molecule has 1 fully saturated rings. The van der Waals surface area contributed by atoms with Crippen LogP contribution in [-0.4, -0.2) is 49.6 Å². The standard InChI is InChI=1S/C23H24BrNO6/c1-29-22(27)16-10-12-25(13-11-16)21(26)15-31-23(28)18-7-3-5-9-20(18)30-14-17-6-2-4-8-19(17)24/h2-9,16H,10-15H2,1H3. The molecule has 2 aromatic carbocycles. The van der Waals surface area contributed by atoms with E-state index in [4.69, 9.17) is 14.2 Å². The molecule has 0 radical (unpaired) electrons. The third kappa shape index (κ3) is 6.07. The van der Waals surface area contributed by atoms with Crippen LogP contribution in [0.25, 0.3) is 0 Å². The first-order chi connectivity index (χ1) is 15.0. The van der Waals surface area contributed by atoms with Gasteiger partial charge in [-0.25, -0.2) is 4.79 Å². The summed E-state index contributed by atoms with van der Waals surface area (Å²) in [5, 5.41) is 0. The first kappa shape index (κ1) is 22.8. The highest BCUT2D eigenvalue weighted by Gasteiger charge is 2.28. The Balaban J connectivity index is 1.53. The van der Waals surface area contributed by atoms with Gasteiger partial charge in [0.05, 0.1) is 13.0 Å². The summed E-state index contributed by atoms with van der Waals surface area (Å²) in [4.78, 5) is 38.2. The molecule has 0 unspecified atom stereocenters. The van der Waals surface area contributed by atoms with Crippen molar-refractivity contribution in [1.82, 2.24) is 4.90 Å². The zero-order valence-electron chi connectivity index (χ0n) is 17.2. The number of carbonyl (C=O) groups excluding carboxylic acids is 3. The number of hydrogen-bond acceptors (Lipinski definition) is 6. The number of halogens is 1. The number of para-hydroxylation sites is 1. The zero-order valence-corrected chi connectivity index (χ0v) is 18.8. The number of rotatable bonds is 7.